The lowest BCUT2D eigenvalue weighted by Gasteiger charge is -2.05. The van der Waals surface area contributed by atoms with Crippen molar-refractivity contribution in [3.8, 4) is 6.07 Å². The first kappa shape index (κ1) is 15.9. The molecule has 7 heteroatoms. The van der Waals surface area contributed by atoms with Gasteiger partial charge in [0.05, 0.1) is 14.4 Å². The fraction of sp³-hybridized carbons (Fsp3) is 0. The Labute approximate surface area is 140 Å². The topological polar surface area (TPSA) is 52.9 Å². The van der Waals surface area contributed by atoms with E-state index in [9.17, 15) is 4.79 Å². The lowest BCUT2D eigenvalue weighted by molar-refractivity contribution is -0.112. The van der Waals surface area contributed by atoms with Crippen molar-refractivity contribution >= 4 is 63.8 Å². The lowest BCUT2D eigenvalue weighted by Crippen LogP contribution is -2.13. The molecule has 0 fully saturated rings. The molecule has 3 nitrogen and oxygen atoms in total. The minimum Gasteiger partial charge on any atom is -0.321 e. The van der Waals surface area contributed by atoms with Crippen LogP contribution in [0.2, 0.25) is 14.4 Å². The SMILES string of the molecule is N#C/C(=C/c1ccc(Cl)s1)C(=O)Nc1ccc(Cl)c(Cl)c1. The quantitative estimate of drug-likeness (QED) is 0.602. The van der Waals surface area contributed by atoms with Crippen molar-refractivity contribution in [2.75, 3.05) is 5.32 Å². The molecule has 1 aromatic carbocycles. The van der Waals surface area contributed by atoms with E-state index in [0.717, 1.165) is 4.88 Å². The van der Waals surface area contributed by atoms with Crippen molar-refractivity contribution in [2.45, 2.75) is 0 Å². The molecule has 2 aromatic rings. The molecule has 1 aromatic heterocycles. The predicted molar refractivity (Wildman–Crippen MR) is 88.0 cm³/mol. The standard InChI is InChI=1S/C14H7Cl3N2OS/c15-11-3-1-9(6-12(11)16)19-14(20)8(7-18)5-10-2-4-13(17)21-10/h1-6H,(H,19,20)/b8-5-. The van der Waals surface area contributed by atoms with Gasteiger partial charge in [0.1, 0.15) is 11.6 Å². The fourth-order valence-electron chi connectivity index (χ4n) is 1.47. The van der Waals surface area contributed by atoms with Crippen LogP contribution in [0.4, 0.5) is 5.69 Å². The van der Waals surface area contributed by atoms with Gasteiger partial charge in [0.25, 0.3) is 5.91 Å². The van der Waals surface area contributed by atoms with Gasteiger partial charge in [-0.1, -0.05) is 34.8 Å². The monoisotopic (exact) mass is 356 g/mol. The van der Waals surface area contributed by atoms with Crippen LogP contribution in [0.15, 0.2) is 35.9 Å². The summed E-state index contributed by atoms with van der Waals surface area (Å²) in [5, 5.41) is 12.4. The number of hydrogen-bond donors (Lipinski definition) is 1. The van der Waals surface area contributed by atoms with E-state index in [1.165, 1.54) is 23.5 Å². The van der Waals surface area contributed by atoms with E-state index >= 15 is 0 Å². The third-order valence-corrected chi connectivity index (χ3v) is 4.34. The summed E-state index contributed by atoms with van der Waals surface area (Å²) >= 11 is 18.8. The van der Waals surface area contributed by atoms with Gasteiger partial charge >= 0.3 is 0 Å². The highest BCUT2D eigenvalue weighted by atomic mass is 35.5. The van der Waals surface area contributed by atoms with Gasteiger partial charge in [-0.05, 0) is 36.4 Å². The second-order valence-corrected chi connectivity index (χ2v) is 6.46. The molecule has 106 valence electrons. The Balaban J connectivity index is 2.19. The van der Waals surface area contributed by atoms with Crippen molar-refractivity contribution in [1.29, 1.82) is 5.26 Å². The Hall–Kier alpha value is -1.51. The molecule has 2 rings (SSSR count). The number of benzene rings is 1. The molecule has 0 bridgehead atoms. The molecule has 0 saturated heterocycles. The van der Waals surface area contributed by atoms with Gasteiger partial charge in [-0.25, -0.2) is 0 Å². The number of anilines is 1. The molecule has 0 aliphatic heterocycles. The molecule has 0 spiro atoms. The number of amides is 1. The van der Waals surface area contributed by atoms with Gasteiger partial charge < -0.3 is 5.32 Å². The van der Waals surface area contributed by atoms with Crippen molar-refractivity contribution < 1.29 is 4.79 Å². The van der Waals surface area contributed by atoms with Crippen LogP contribution in [0, 0.1) is 11.3 Å². The molecule has 1 heterocycles. The first-order valence-corrected chi connectivity index (χ1v) is 7.58. The number of nitrogens with one attached hydrogen (secondary N) is 1. The zero-order valence-electron chi connectivity index (χ0n) is 10.4. The molecule has 0 radical (unpaired) electrons. The van der Waals surface area contributed by atoms with Crippen LogP contribution in [-0.2, 0) is 4.79 Å². The van der Waals surface area contributed by atoms with Crippen molar-refractivity contribution in [3.63, 3.8) is 0 Å². The number of nitriles is 1. The maximum Gasteiger partial charge on any atom is 0.266 e. The highest BCUT2D eigenvalue weighted by Gasteiger charge is 2.11. The fourth-order valence-corrected chi connectivity index (χ4v) is 2.77. The van der Waals surface area contributed by atoms with Crippen LogP contribution in [0.1, 0.15) is 4.88 Å². The molecule has 0 saturated carbocycles. The minimum absolute atomic E-state index is 0.0282. The van der Waals surface area contributed by atoms with Crippen LogP contribution in [0.3, 0.4) is 0 Å². The molecular formula is C14H7Cl3N2OS. The minimum atomic E-state index is -0.527. The average molecular weight is 358 g/mol. The zero-order valence-corrected chi connectivity index (χ0v) is 13.4. The molecule has 21 heavy (non-hydrogen) atoms. The summed E-state index contributed by atoms with van der Waals surface area (Å²) in [5.41, 5.74) is 0.430. The normalized spacial score (nSPS) is 11.0. The van der Waals surface area contributed by atoms with Crippen molar-refractivity contribution in [3.05, 3.63) is 55.2 Å². The molecule has 0 unspecified atom stereocenters. The summed E-state index contributed by atoms with van der Waals surface area (Å²) in [6.45, 7) is 0. The third kappa shape index (κ3) is 4.23. The Morgan fingerprint density at radius 3 is 2.52 bits per heavy atom. The summed E-state index contributed by atoms with van der Waals surface area (Å²) in [5.74, 6) is -0.527. The van der Waals surface area contributed by atoms with E-state index in [0.29, 0.717) is 20.1 Å². The summed E-state index contributed by atoms with van der Waals surface area (Å²) in [7, 11) is 0. The maximum absolute atomic E-state index is 12.0. The molecule has 1 N–H and O–H groups in total. The van der Waals surface area contributed by atoms with Gasteiger partial charge in [-0.3, -0.25) is 4.79 Å². The molecule has 0 atom stereocenters. The maximum atomic E-state index is 12.0. The van der Waals surface area contributed by atoms with Crippen LogP contribution in [-0.4, -0.2) is 5.91 Å². The van der Waals surface area contributed by atoms with Gasteiger partial charge in [0.2, 0.25) is 0 Å². The number of halogens is 3. The summed E-state index contributed by atoms with van der Waals surface area (Å²) in [4.78, 5) is 12.8. The van der Waals surface area contributed by atoms with E-state index < -0.39 is 5.91 Å². The van der Waals surface area contributed by atoms with E-state index in [4.69, 9.17) is 40.1 Å². The average Bonchev–Trinajstić information content (AvgIpc) is 2.85. The summed E-state index contributed by atoms with van der Waals surface area (Å²) in [6.07, 6.45) is 1.48. The second-order valence-electron chi connectivity index (χ2n) is 3.89. The number of carbonyl (C=O) groups excluding carboxylic acids is 1. The van der Waals surface area contributed by atoms with E-state index in [2.05, 4.69) is 5.32 Å². The third-order valence-electron chi connectivity index (χ3n) is 2.42. The van der Waals surface area contributed by atoms with Crippen LogP contribution in [0.5, 0.6) is 0 Å². The Morgan fingerprint density at radius 1 is 1.19 bits per heavy atom. The number of rotatable bonds is 3. The largest absolute Gasteiger partial charge is 0.321 e. The Morgan fingerprint density at radius 2 is 1.95 bits per heavy atom. The number of nitrogens with zero attached hydrogens (tertiary/aromatic N) is 1. The zero-order chi connectivity index (χ0) is 15.4. The first-order valence-electron chi connectivity index (χ1n) is 5.63. The first-order chi connectivity index (χ1) is 9.99. The predicted octanol–water partition coefficient (Wildman–Crippen LogP) is 5.25. The van der Waals surface area contributed by atoms with E-state index in [-0.39, 0.29) is 5.57 Å². The van der Waals surface area contributed by atoms with Gasteiger partial charge in [-0.15, -0.1) is 11.3 Å². The Kier molecular flexibility index (Phi) is 5.27. The van der Waals surface area contributed by atoms with Crippen molar-refractivity contribution in [1.82, 2.24) is 0 Å². The summed E-state index contributed by atoms with van der Waals surface area (Å²) in [6, 6.07) is 9.97. The molecule has 0 aliphatic rings. The van der Waals surface area contributed by atoms with E-state index in [1.807, 2.05) is 6.07 Å². The van der Waals surface area contributed by atoms with Crippen LogP contribution in [0.25, 0.3) is 6.08 Å². The van der Waals surface area contributed by atoms with Crippen LogP contribution >= 0.6 is 46.1 Å². The molecule has 0 aliphatic carbocycles. The van der Waals surface area contributed by atoms with Crippen LogP contribution < -0.4 is 5.32 Å². The number of carbonyl (C=O) groups is 1. The summed E-state index contributed by atoms with van der Waals surface area (Å²) < 4.78 is 0.587. The Bertz CT molecular complexity index is 762. The van der Waals surface area contributed by atoms with Gasteiger partial charge in [0, 0.05) is 10.6 Å². The second kappa shape index (κ2) is 6.97. The molecular weight excluding hydrogens is 351 g/mol. The van der Waals surface area contributed by atoms with Crippen molar-refractivity contribution in [2.24, 2.45) is 0 Å². The smallest absolute Gasteiger partial charge is 0.266 e. The number of hydrogen-bond acceptors (Lipinski definition) is 3. The van der Waals surface area contributed by atoms with Gasteiger partial charge in [0.15, 0.2) is 0 Å². The molecule has 1 amide bonds. The highest BCUT2D eigenvalue weighted by Crippen LogP contribution is 2.26. The van der Waals surface area contributed by atoms with E-state index in [1.54, 1.807) is 24.3 Å². The lowest BCUT2D eigenvalue weighted by atomic mass is 10.2. The number of thiophene rings is 1. The highest BCUT2D eigenvalue weighted by molar-refractivity contribution is 7.17. The van der Waals surface area contributed by atoms with Gasteiger partial charge in [-0.2, -0.15) is 5.26 Å².